The van der Waals surface area contributed by atoms with Crippen molar-refractivity contribution in [3.63, 3.8) is 0 Å². The van der Waals surface area contributed by atoms with Crippen molar-refractivity contribution in [2.24, 2.45) is 0 Å². The first kappa shape index (κ1) is 24.0. The van der Waals surface area contributed by atoms with Gasteiger partial charge in [0.15, 0.2) is 0 Å². The molecule has 0 radical (unpaired) electrons. The molecule has 2 amide bonds. The summed E-state index contributed by atoms with van der Waals surface area (Å²) in [7, 11) is 0. The fourth-order valence-electron chi connectivity index (χ4n) is 3.93. The van der Waals surface area contributed by atoms with Gasteiger partial charge in [-0.15, -0.1) is 13.2 Å². The number of rotatable bonds is 5. The van der Waals surface area contributed by atoms with Gasteiger partial charge in [-0.05, 0) is 61.7 Å². The molecule has 2 heterocycles. The molecule has 1 unspecified atom stereocenters. The van der Waals surface area contributed by atoms with E-state index in [0.717, 1.165) is 12.1 Å². The summed E-state index contributed by atoms with van der Waals surface area (Å²) in [6, 6.07) is 8.78. The number of aromatic nitrogens is 2. The van der Waals surface area contributed by atoms with E-state index in [1.165, 1.54) is 16.7 Å². The molecule has 0 saturated carbocycles. The van der Waals surface area contributed by atoms with E-state index in [0.29, 0.717) is 40.8 Å². The maximum atomic E-state index is 13.3. The van der Waals surface area contributed by atoms with E-state index in [-0.39, 0.29) is 23.6 Å². The Morgan fingerprint density at radius 1 is 1.23 bits per heavy atom. The Morgan fingerprint density at radius 3 is 2.60 bits per heavy atom. The third-order valence-corrected chi connectivity index (χ3v) is 5.58. The Bertz CT molecular complexity index is 1380. The molecule has 2 N–H and O–H groups in total. The zero-order chi connectivity index (χ0) is 25.3. The molecule has 8 nitrogen and oxygen atoms in total. The highest BCUT2D eigenvalue weighted by Crippen LogP contribution is 2.24. The van der Waals surface area contributed by atoms with Crippen LogP contribution in [-0.2, 0) is 11.3 Å². The van der Waals surface area contributed by atoms with E-state index in [9.17, 15) is 27.6 Å². The molecule has 1 aromatic heterocycles. The van der Waals surface area contributed by atoms with Gasteiger partial charge in [0, 0.05) is 17.8 Å². The zero-order valence-corrected chi connectivity index (χ0v) is 18.6. The molecule has 4 rings (SSSR count). The lowest BCUT2D eigenvalue weighted by atomic mass is 10.0. The number of piperidine rings is 1. The number of carbonyl (C=O) groups is 2. The largest absolute Gasteiger partial charge is 0.573 e. The minimum atomic E-state index is -4.82. The van der Waals surface area contributed by atoms with Crippen LogP contribution in [0.5, 0.6) is 5.75 Å². The molecule has 1 aliphatic heterocycles. The first-order valence-electron chi connectivity index (χ1n) is 10.7. The van der Waals surface area contributed by atoms with Crippen molar-refractivity contribution in [1.29, 1.82) is 0 Å². The number of hydrogen-bond acceptors (Lipinski definition) is 5. The van der Waals surface area contributed by atoms with Crippen LogP contribution in [0.3, 0.4) is 0 Å². The van der Waals surface area contributed by atoms with Crippen molar-refractivity contribution in [2.45, 2.75) is 38.7 Å². The van der Waals surface area contributed by atoms with Crippen LogP contribution in [0.15, 0.2) is 59.5 Å². The Morgan fingerprint density at radius 2 is 1.94 bits per heavy atom. The van der Waals surface area contributed by atoms with Gasteiger partial charge in [0.05, 0.1) is 10.9 Å². The third kappa shape index (κ3) is 5.34. The van der Waals surface area contributed by atoms with Crippen LogP contribution >= 0.6 is 0 Å². The van der Waals surface area contributed by atoms with Crippen LogP contribution in [0.4, 0.5) is 13.2 Å². The van der Waals surface area contributed by atoms with Crippen molar-refractivity contribution < 1.29 is 27.5 Å². The number of nitrogens with one attached hydrogen (secondary N) is 2. The SMILES string of the molecule is C=C1CCC(n2c(C)nc3ccc(CNC(=O)c4ccc(OC(F)(F)F)cc4)cc3c2=O)C(=O)N1. The normalized spacial score (nSPS) is 16.2. The summed E-state index contributed by atoms with van der Waals surface area (Å²) < 4.78 is 42.0. The minimum Gasteiger partial charge on any atom is -0.406 e. The van der Waals surface area contributed by atoms with Gasteiger partial charge >= 0.3 is 6.36 Å². The molecule has 0 bridgehead atoms. The van der Waals surface area contributed by atoms with Crippen LogP contribution in [0, 0.1) is 6.92 Å². The van der Waals surface area contributed by atoms with Crippen molar-refractivity contribution in [3.05, 3.63) is 82.0 Å². The molecule has 1 fully saturated rings. The van der Waals surface area contributed by atoms with E-state index in [4.69, 9.17) is 0 Å². The summed E-state index contributed by atoms with van der Waals surface area (Å²) in [5, 5.41) is 5.64. The van der Waals surface area contributed by atoms with Crippen molar-refractivity contribution >= 4 is 22.7 Å². The number of amides is 2. The van der Waals surface area contributed by atoms with Crippen LogP contribution in [0.1, 0.15) is 40.6 Å². The Hall–Kier alpha value is -4.15. The van der Waals surface area contributed by atoms with E-state index >= 15 is 0 Å². The Balaban J connectivity index is 1.52. The van der Waals surface area contributed by atoms with E-state index in [2.05, 4.69) is 26.9 Å². The van der Waals surface area contributed by atoms with Crippen molar-refractivity contribution in [2.75, 3.05) is 0 Å². The first-order chi connectivity index (χ1) is 16.5. The monoisotopic (exact) mass is 486 g/mol. The Kier molecular flexibility index (Phi) is 6.33. The summed E-state index contributed by atoms with van der Waals surface area (Å²) in [6.07, 6.45) is -3.84. The number of allylic oxidation sites excluding steroid dienone is 1. The highest BCUT2D eigenvalue weighted by molar-refractivity contribution is 5.94. The highest BCUT2D eigenvalue weighted by Gasteiger charge is 2.31. The van der Waals surface area contributed by atoms with Gasteiger partial charge in [-0.2, -0.15) is 0 Å². The number of fused-ring (bicyclic) bond motifs is 1. The van der Waals surface area contributed by atoms with Crippen LogP contribution in [0.25, 0.3) is 10.9 Å². The molecule has 2 aromatic carbocycles. The summed E-state index contributed by atoms with van der Waals surface area (Å²) in [5.74, 6) is -0.849. The molecule has 3 aromatic rings. The van der Waals surface area contributed by atoms with Gasteiger partial charge in [0.2, 0.25) is 5.91 Å². The molecular formula is C24H21F3N4O4. The van der Waals surface area contributed by atoms with Gasteiger partial charge in [-0.3, -0.25) is 19.0 Å². The first-order valence-corrected chi connectivity index (χ1v) is 10.7. The smallest absolute Gasteiger partial charge is 0.406 e. The molecule has 0 aliphatic carbocycles. The number of aryl methyl sites for hydroxylation is 1. The molecule has 35 heavy (non-hydrogen) atoms. The summed E-state index contributed by atoms with van der Waals surface area (Å²) in [6.45, 7) is 5.48. The number of alkyl halides is 3. The highest BCUT2D eigenvalue weighted by atomic mass is 19.4. The second-order valence-corrected chi connectivity index (χ2v) is 8.09. The van der Waals surface area contributed by atoms with E-state index in [1.807, 2.05) is 0 Å². The maximum Gasteiger partial charge on any atom is 0.573 e. The zero-order valence-electron chi connectivity index (χ0n) is 18.6. The lowest BCUT2D eigenvalue weighted by molar-refractivity contribution is -0.274. The molecule has 182 valence electrons. The molecule has 1 aliphatic rings. The van der Waals surface area contributed by atoms with Crippen LogP contribution in [-0.4, -0.2) is 27.7 Å². The lowest BCUT2D eigenvalue weighted by Crippen LogP contribution is -2.41. The molecular weight excluding hydrogens is 465 g/mol. The van der Waals surface area contributed by atoms with Crippen LogP contribution < -0.4 is 20.9 Å². The standard InChI is InChI=1S/C24H21F3N4O4/c1-13-3-10-20(22(33)29-13)31-14(2)30-19-9-4-15(11-18(19)23(31)34)12-28-21(32)16-5-7-17(8-6-16)35-24(25,26)27/h4-9,11,20H,1,3,10,12H2,2H3,(H,28,32)(H,29,33). The second kappa shape index (κ2) is 9.24. The van der Waals surface area contributed by atoms with Gasteiger partial charge in [-0.1, -0.05) is 12.6 Å². The average molecular weight is 486 g/mol. The van der Waals surface area contributed by atoms with Crippen molar-refractivity contribution in [1.82, 2.24) is 20.2 Å². The fraction of sp³-hybridized carbons (Fsp3) is 0.250. The van der Waals surface area contributed by atoms with Gasteiger partial charge in [0.1, 0.15) is 17.6 Å². The molecule has 11 heteroatoms. The number of benzene rings is 2. The summed E-state index contributed by atoms with van der Waals surface area (Å²) in [5.41, 5.74) is 1.45. The predicted molar refractivity (Wildman–Crippen MR) is 121 cm³/mol. The van der Waals surface area contributed by atoms with E-state index in [1.54, 1.807) is 25.1 Å². The quantitative estimate of drug-likeness (QED) is 0.575. The van der Waals surface area contributed by atoms with Gasteiger partial charge < -0.3 is 15.4 Å². The van der Waals surface area contributed by atoms with Gasteiger partial charge in [-0.25, -0.2) is 4.98 Å². The van der Waals surface area contributed by atoms with Crippen molar-refractivity contribution in [3.8, 4) is 5.75 Å². The second-order valence-electron chi connectivity index (χ2n) is 8.09. The number of nitrogens with zero attached hydrogens (tertiary/aromatic N) is 2. The lowest BCUT2D eigenvalue weighted by Gasteiger charge is -2.26. The number of hydrogen-bond donors (Lipinski definition) is 2. The number of ether oxygens (including phenoxy) is 1. The summed E-state index contributed by atoms with van der Waals surface area (Å²) in [4.78, 5) is 42.6. The maximum absolute atomic E-state index is 13.3. The average Bonchev–Trinajstić information content (AvgIpc) is 2.78. The third-order valence-electron chi connectivity index (χ3n) is 5.58. The van der Waals surface area contributed by atoms with E-state index < -0.39 is 24.1 Å². The van der Waals surface area contributed by atoms with Crippen LogP contribution in [0.2, 0.25) is 0 Å². The fourth-order valence-corrected chi connectivity index (χ4v) is 3.93. The molecule has 1 saturated heterocycles. The minimum absolute atomic E-state index is 0.0621. The van der Waals surface area contributed by atoms with Gasteiger partial charge in [0.25, 0.3) is 11.5 Å². The number of halogens is 3. The number of carbonyl (C=O) groups excluding carboxylic acids is 2. The Labute approximate surface area is 197 Å². The summed E-state index contributed by atoms with van der Waals surface area (Å²) >= 11 is 0. The molecule has 1 atom stereocenters. The topological polar surface area (TPSA) is 102 Å². The molecule has 0 spiro atoms. The predicted octanol–water partition coefficient (Wildman–Crippen LogP) is 3.50.